The molecule has 15 heavy (non-hydrogen) atoms. The van der Waals surface area contributed by atoms with Crippen molar-refractivity contribution in [3.05, 3.63) is 0 Å². The van der Waals surface area contributed by atoms with Gasteiger partial charge in [0.1, 0.15) is 0 Å². The second-order valence-corrected chi connectivity index (χ2v) is 4.94. The molecule has 1 atom stereocenters. The molecule has 1 aliphatic carbocycles. The van der Waals surface area contributed by atoms with Crippen LogP contribution in [0.15, 0.2) is 0 Å². The summed E-state index contributed by atoms with van der Waals surface area (Å²) in [6, 6.07) is 0.338. The molecule has 1 aliphatic rings. The molecule has 0 aromatic rings. The SMILES string of the molecule is CC(N)CCCN(C)CCOCC1CC1. The summed E-state index contributed by atoms with van der Waals surface area (Å²) in [7, 11) is 2.15. The maximum Gasteiger partial charge on any atom is 0.0593 e. The third-order valence-corrected chi connectivity index (χ3v) is 2.87. The molecule has 0 amide bonds. The van der Waals surface area contributed by atoms with E-state index in [1.165, 1.54) is 19.3 Å². The molecule has 0 bridgehead atoms. The predicted octanol–water partition coefficient (Wildman–Crippen LogP) is 1.47. The van der Waals surface area contributed by atoms with Gasteiger partial charge in [-0.3, -0.25) is 0 Å². The number of likely N-dealkylation sites (N-methyl/N-ethyl adjacent to an activating group) is 1. The van der Waals surface area contributed by atoms with Gasteiger partial charge in [0, 0.05) is 19.2 Å². The number of ether oxygens (including phenoxy) is 1. The second kappa shape index (κ2) is 7.20. The van der Waals surface area contributed by atoms with Crippen LogP contribution < -0.4 is 5.73 Å². The molecule has 0 aliphatic heterocycles. The van der Waals surface area contributed by atoms with E-state index in [0.29, 0.717) is 6.04 Å². The highest BCUT2D eigenvalue weighted by Crippen LogP contribution is 2.28. The van der Waals surface area contributed by atoms with E-state index in [0.717, 1.165) is 38.6 Å². The first-order chi connectivity index (χ1) is 7.18. The minimum absolute atomic E-state index is 0.338. The molecule has 3 heteroatoms. The Labute approximate surface area is 94.0 Å². The van der Waals surface area contributed by atoms with Crippen molar-refractivity contribution >= 4 is 0 Å². The van der Waals surface area contributed by atoms with Crippen LogP contribution in [0.3, 0.4) is 0 Å². The molecule has 0 aromatic carbocycles. The van der Waals surface area contributed by atoms with E-state index in [9.17, 15) is 0 Å². The molecule has 2 N–H and O–H groups in total. The van der Waals surface area contributed by atoms with Crippen LogP contribution in [0.1, 0.15) is 32.6 Å². The molecule has 1 unspecified atom stereocenters. The predicted molar refractivity (Wildman–Crippen MR) is 63.9 cm³/mol. The van der Waals surface area contributed by atoms with Gasteiger partial charge in [-0.25, -0.2) is 0 Å². The fourth-order valence-corrected chi connectivity index (χ4v) is 1.55. The first kappa shape index (κ1) is 12.9. The van der Waals surface area contributed by atoms with Gasteiger partial charge in [0.25, 0.3) is 0 Å². The standard InChI is InChI=1S/C12H26N2O/c1-11(13)4-3-7-14(2)8-9-15-10-12-5-6-12/h11-12H,3-10,13H2,1-2H3. The van der Waals surface area contributed by atoms with Gasteiger partial charge in [-0.15, -0.1) is 0 Å². The van der Waals surface area contributed by atoms with Crippen molar-refractivity contribution in [1.82, 2.24) is 4.90 Å². The number of hydrogen-bond acceptors (Lipinski definition) is 3. The number of hydrogen-bond donors (Lipinski definition) is 1. The van der Waals surface area contributed by atoms with Crippen LogP contribution in [0.4, 0.5) is 0 Å². The zero-order valence-electron chi connectivity index (χ0n) is 10.2. The molecule has 1 saturated carbocycles. The molecule has 0 saturated heterocycles. The number of rotatable bonds is 9. The van der Waals surface area contributed by atoms with E-state index in [1.807, 2.05) is 0 Å². The molecule has 0 radical (unpaired) electrons. The van der Waals surface area contributed by atoms with E-state index in [1.54, 1.807) is 0 Å². The Balaban J connectivity index is 1.81. The van der Waals surface area contributed by atoms with Crippen molar-refractivity contribution in [3.8, 4) is 0 Å². The maximum atomic E-state index is 5.70. The Kier molecular flexibility index (Phi) is 6.22. The Bertz CT molecular complexity index is 158. The van der Waals surface area contributed by atoms with Crippen LogP contribution in [0.25, 0.3) is 0 Å². The van der Waals surface area contributed by atoms with Gasteiger partial charge in [0.15, 0.2) is 0 Å². The van der Waals surface area contributed by atoms with Gasteiger partial charge in [-0.05, 0) is 52.1 Å². The monoisotopic (exact) mass is 214 g/mol. The van der Waals surface area contributed by atoms with Gasteiger partial charge in [-0.2, -0.15) is 0 Å². The van der Waals surface area contributed by atoms with Crippen LogP contribution in [0.5, 0.6) is 0 Å². The lowest BCUT2D eigenvalue weighted by Gasteiger charge is -2.17. The van der Waals surface area contributed by atoms with Crippen LogP contribution in [0.2, 0.25) is 0 Å². The van der Waals surface area contributed by atoms with Crippen LogP contribution in [0, 0.1) is 5.92 Å². The summed E-state index contributed by atoms with van der Waals surface area (Å²) < 4.78 is 5.59. The largest absolute Gasteiger partial charge is 0.380 e. The lowest BCUT2D eigenvalue weighted by Crippen LogP contribution is -2.26. The Morgan fingerprint density at radius 2 is 2.13 bits per heavy atom. The normalized spacial score (nSPS) is 18.4. The van der Waals surface area contributed by atoms with E-state index in [2.05, 4.69) is 18.9 Å². The van der Waals surface area contributed by atoms with Gasteiger partial charge in [0.2, 0.25) is 0 Å². The highest BCUT2D eigenvalue weighted by Gasteiger charge is 2.20. The van der Waals surface area contributed by atoms with Gasteiger partial charge < -0.3 is 15.4 Å². The van der Waals surface area contributed by atoms with Crippen molar-refractivity contribution in [2.45, 2.75) is 38.6 Å². The van der Waals surface area contributed by atoms with Gasteiger partial charge >= 0.3 is 0 Å². The third-order valence-electron chi connectivity index (χ3n) is 2.87. The first-order valence-electron chi connectivity index (χ1n) is 6.20. The average molecular weight is 214 g/mol. The Morgan fingerprint density at radius 1 is 1.40 bits per heavy atom. The van der Waals surface area contributed by atoms with Crippen LogP contribution in [-0.4, -0.2) is 44.3 Å². The molecular weight excluding hydrogens is 188 g/mol. The van der Waals surface area contributed by atoms with Gasteiger partial charge in [0.05, 0.1) is 6.61 Å². The lowest BCUT2D eigenvalue weighted by molar-refractivity contribution is 0.103. The topological polar surface area (TPSA) is 38.5 Å². The number of nitrogens with two attached hydrogens (primary N) is 1. The summed E-state index contributed by atoms with van der Waals surface area (Å²) >= 11 is 0. The fourth-order valence-electron chi connectivity index (χ4n) is 1.55. The fraction of sp³-hybridized carbons (Fsp3) is 1.00. The van der Waals surface area contributed by atoms with E-state index >= 15 is 0 Å². The highest BCUT2D eigenvalue weighted by molar-refractivity contribution is 4.72. The van der Waals surface area contributed by atoms with Crippen molar-refractivity contribution < 1.29 is 4.74 Å². The highest BCUT2D eigenvalue weighted by atomic mass is 16.5. The van der Waals surface area contributed by atoms with Crippen molar-refractivity contribution in [1.29, 1.82) is 0 Å². The number of nitrogens with zero attached hydrogens (tertiary/aromatic N) is 1. The summed E-state index contributed by atoms with van der Waals surface area (Å²) in [6.45, 7) is 6.11. The maximum absolute atomic E-state index is 5.70. The van der Waals surface area contributed by atoms with Crippen molar-refractivity contribution in [2.24, 2.45) is 11.7 Å². The van der Waals surface area contributed by atoms with E-state index in [4.69, 9.17) is 10.5 Å². The summed E-state index contributed by atoms with van der Waals surface area (Å²) in [5.41, 5.74) is 5.70. The Morgan fingerprint density at radius 3 is 2.73 bits per heavy atom. The molecule has 90 valence electrons. The Hall–Kier alpha value is -0.120. The lowest BCUT2D eigenvalue weighted by atomic mass is 10.2. The molecule has 3 nitrogen and oxygen atoms in total. The smallest absolute Gasteiger partial charge is 0.0593 e. The molecule has 1 rings (SSSR count). The summed E-state index contributed by atoms with van der Waals surface area (Å²) in [4.78, 5) is 2.33. The molecule has 0 spiro atoms. The van der Waals surface area contributed by atoms with Crippen molar-refractivity contribution in [2.75, 3.05) is 33.4 Å². The zero-order valence-corrected chi connectivity index (χ0v) is 10.2. The minimum atomic E-state index is 0.338. The zero-order chi connectivity index (χ0) is 11.1. The second-order valence-electron chi connectivity index (χ2n) is 4.94. The van der Waals surface area contributed by atoms with E-state index < -0.39 is 0 Å². The molecule has 1 fully saturated rings. The van der Waals surface area contributed by atoms with Crippen molar-refractivity contribution in [3.63, 3.8) is 0 Å². The molecule has 0 aromatic heterocycles. The third kappa shape index (κ3) is 7.77. The summed E-state index contributed by atoms with van der Waals surface area (Å²) in [6.07, 6.45) is 5.07. The summed E-state index contributed by atoms with van der Waals surface area (Å²) in [5, 5.41) is 0. The molecule has 0 heterocycles. The quantitative estimate of drug-likeness (QED) is 0.591. The minimum Gasteiger partial charge on any atom is -0.380 e. The van der Waals surface area contributed by atoms with Crippen LogP contribution in [-0.2, 0) is 4.74 Å². The average Bonchev–Trinajstić information content (AvgIpc) is 2.95. The van der Waals surface area contributed by atoms with E-state index in [-0.39, 0.29) is 0 Å². The summed E-state index contributed by atoms with van der Waals surface area (Å²) in [5.74, 6) is 0.883. The molecular formula is C12H26N2O. The van der Waals surface area contributed by atoms with Gasteiger partial charge in [-0.1, -0.05) is 0 Å². The first-order valence-corrected chi connectivity index (χ1v) is 6.20. The van der Waals surface area contributed by atoms with Crippen LogP contribution >= 0.6 is 0 Å².